The fourth-order valence-electron chi connectivity index (χ4n) is 8.00. The predicted molar refractivity (Wildman–Crippen MR) is 237 cm³/mol. The van der Waals surface area contributed by atoms with E-state index in [0.29, 0.717) is 28.2 Å². The second-order valence-corrected chi connectivity index (χ2v) is 15.1. The summed E-state index contributed by atoms with van der Waals surface area (Å²) in [4.78, 5) is 4.92. The molecule has 0 saturated carbocycles. The van der Waals surface area contributed by atoms with Crippen molar-refractivity contribution in [1.29, 1.82) is 0 Å². The van der Waals surface area contributed by atoms with Gasteiger partial charge >= 0.3 is 0 Å². The second kappa shape index (κ2) is 14.1. The Morgan fingerprint density at radius 3 is 2.00 bits per heavy atom. The van der Waals surface area contributed by atoms with Crippen molar-refractivity contribution in [1.82, 2.24) is 14.1 Å². The maximum absolute atomic E-state index is 9.00. The lowest BCUT2D eigenvalue weighted by Crippen LogP contribution is -2.31. The fraction of sp³-hybridized carbons (Fsp3) is 0.0943. The Balaban J connectivity index is 1.15. The van der Waals surface area contributed by atoms with E-state index in [0.717, 1.165) is 33.2 Å². The normalized spacial score (nSPS) is 14.2. The minimum absolute atomic E-state index is 0.0953. The zero-order valence-corrected chi connectivity index (χ0v) is 32.2. The van der Waals surface area contributed by atoms with Crippen molar-refractivity contribution < 1.29 is 23.0 Å². The third-order valence-electron chi connectivity index (χ3n) is 10.5. The Morgan fingerprint density at radius 2 is 1.28 bits per heavy atom. The van der Waals surface area contributed by atoms with Crippen molar-refractivity contribution >= 4 is 32.8 Å². The molecular weight excluding hydrogens is 709 g/mol. The average Bonchev–Trinajstić information content (AvgIpc) is 3.87. The SMILES string of the molecule is [2H]c1c([2H])c([2H])c(-c2cccc(-c3c([2H])c([2H])c([2H])c([2H])c3[2H])c2-[n+]2[c-]n(-c3cccc(Oc4ccc5c6ccccc6n(-c6nccc(C(C)(C)C)c6C)c5c4)c3)c3ccccc32)c([2H])c1[2H]. The Bertz CT molecular complexity index is 3600. The van der Waals surface area contributed by atoms with E-state index in [2.05, 4.69) is 62.9 Å². The van der Waals surface area contributed by atoms with Gasteiger partial charge in [0.25, 0.3) is 6.33 Å². The van der Waals surface area contributed by atoms with Gasteiger partial charge < -0.3 is 4.74 Å². The van der Waals surface area contributed by atoms with Crippen molar-refractivity contribution in [3.8, 4) is 50.9 Å². The quantitative estimate of drug-likeness (QED) is 0.120. The fourth-order valence-corrected chi connectivity index (χ4v) is 8.00. The Morgan fingerprint density at radius 1 is 0.638 bits per heavy atom. The number of nitrogens with zero attached hydrogens (tertiary/aromatic N) is 4. The molecule has 3 aromatic heterocycles. The van der Waals surface area contributed by atoms with Gasteiger partial charge in [0.15, 0.2) is 0 Å². The Hall–Kier alpha value is -7.24. The molecule has 0 fully saturated rings. The first kappa shape index (κ1) is 25.8. The highest BCUT2D eigenvalue weighted by Crippen LogP contribution is 2.38. The zero-order valence-electron chi connectivity index (χ0n) is 42.2. The van der Waals surface area contributed by atoms with E-state index >= 15 is 0 Å². The molecule has 0 aliphatic rings. The summed E-state index contributed by atoms with van der Waals surface area (Å²) >= 11 is 0. The molecule has 0 N–H and O–H groups in total. The molecular formula is C53H42N4O. The number of ether oxygens (including phenoxy) is 1. The number of para-hydroxylation sites is 4. The van der Waals surface area contributed by atoms with E-state index in [1.54, 1.807) is 27.3 Å². The van der Waals surface area contributed by atoms with Crippen LogP contribution in [0.3, 0.4) is 0 Å². The van der Waals surface area contributed by atoms with Crippen molar-refractivity contribution in [2.75, 3.05) is 0 Å². The molecule has 0 saturated heterocycles. The van der Waals surface area contributed by atoms with Crippen LogP contribution in [-0.4, -0.2) is 14.1 Å². The maximum Gasteiger partial charge on any atom is 0.269 e. The molecule has 0 atom stereocenters. The minimum Gasteiger partial charge on any atom is -0.458 e. The van der Waals surface area contributed by atoms with Crippen molar-refractivity contribution in [2.45, 2.75) is 33.1 Å². The zero-order chi connectivity index (χ0) is 48.1. The van der Waals surface area contributed by atoms with Gasteiger partial charge in [0.2, 0.25) is 0 Å². The molecule has 7 aromatic carbocycles. The molecule has 0 radical (unpaired) electrons. The van der Waals surface area contributed by atoms with Crippen molar-refractivity contribution in [3.05, 3.63) is 199 Å². The standard InChI is InChI=1S/C53H42N4O/c1-36-46(53(2,3)4)31-32-54-52(36)57-47-26-12-11-23-44(47)45-30-29-41(34-50(45)57)58-40-22-15-21-39(33-40)55-35-56(49-28-14-13-27-48(49)55)51-42(37-17-7-5-8-18-37)24-16-25-43(51)38-19-9-6-10-20-38/h5-34H,1-4H3/i5D,6D,7D,8D,9D,10D,17D,18D,19D,20D. The van der Waals surface area contributed by atoms with Crippen LogP contribution in [0.2, 0.25) is 0 Å². The number of rotatable bonds is 7. The Labute approximate surface area is 352 Å². The van der Waals surface area contributed by atoms with Crippen LogP contribution >= 0.6 is 0 Å². The van der Waals surface area contributed by atoms with Crippen molar-refractivity contribution in [3.63, 3.8) is 0 Å². The second-order valence-electron chi connectivity index (χ2n) is 15.1. The molecule has 0 aliphatic carbocycles. The van der Waals surface area contributed by atoms with Gasteiger partial charge in [-0.15, -0.1) is 0 Å². The summed E-state index contributed by atoms with van der Waals surface area (Å²) in [7, 11) is 0. The van der Waals surface area contributed by atoms with Gasteiger partial charge in [0.1, 0.15) is 17.3 Å². The van der Waals surface area contributed by atoms with Crippen LogP contribution in [0.15, 0.2) is 182 Å². The lowest BCUT2D eigenvalue weighted by atomic mass is 9.85. The topological polar surface area (TPSA) is 35.9 Å². The highest BCUT2D eigenvalue weighted by molar-refractivity contribution is 6.09. The molecule has 0 aliphatic heterocycles. The van der Waals surface area contributed by atoms with E-state index < -0.39 is 60.4 Å². The maximum atomic E-state index is 9.00. The molecule has 10 aromatic rings. The van der Waals surface area contributed by atoms with Gasteiger partial charge in [-0.05, 0) is 88.2 Å². The monoisotopic (exact) mass is 760 g/mol. The summed E-state index contributed by atoms with van der Waals surface area (Å²) in [5.41, 5.74) is 6.26. The van der Waals surface area contributed by atoms with Crippen molar-refractivity contribution in [2.24, 2.45) is 0 Å². The van der Waals surface area contributed by atoms with Crippen LogP contribution in [-0.2, 0) is 5.41 Å². The average molecular weight is 761 g/mol. The van der Waals surface area contributed by atoms with Crippen LogP contribution in [0.25, 0.3) is 72.3 Å². The third kappa shape index (κ3) is 6.03. The van der Waals surface area contributed by atoms with E-state index in [1.165, 1.54) is 5.56 Å². The number of hydrogen-bond donors (Lipinski definition) is 0. The van der Waals surface area contributed by atoms with Crippen LogP contribution < -0.4 is 9.30 Å². The van der Waals surface area contributed by atoms with Gasteiger partial charge in [0, 0.05) is 23.0 Å². The molecule has 10 rings (SSSR count). The van der Waals surface area contributed by atoms with Gasteiger partial charge in [-0.1, -0.05) is 148 Å². The minimum atomic E-state index is -0.565. The largest absolute Gasteiger partial charge is 0.458 e. The first-order valence-electron chi connectivity index (χ1n) is 24.0. The number of pyridine rings is 1. The lowest BCUT2D eigenvalue weighted by molar-refractivity contribution is -0.571. The summed E-state index contributed by atoms with van der Waals surface area (Å²) in [5.74, 6) is 1.95. The van der Waals surface area contributed by atoms with E-state index in [1.807, 2.05) is 79.0 Å². The molecule has 5 nitrogen and oxygen atoms in total. The van der Waals surface area contributed by atoms with Crippen LogP contribution in [0.4, 0.5) is 0 Å². The smallest absolute Gasteiger partial charge is 0.269 e. The van der Waals surface area contributed by atoms with E-state index in [4.69, 9.17) is 23.4 Å². The molecule has 0 unspecified atom stereocenters. The number of hydrogen-bond acceptors (Lipinski definition) is 2. The summed E-state index contributed by atoms with van der Waals surface area (Å²) in [5, 5.41) is 2.14. The number of benzene rings is 7. The Kier molecular flexibility index (Phi) is 6.26. The van der Waals surface area contributed by atoms with Gasteiger partial charge in [-0.3, -0.25) is 13.7 Å². The number of fused-ring (bicyclic) bond motifs is 4. The first-order valence-corrected chi connectivity index (χ1v) is 19.0. The molecule has 0 bridgehead atoms. The molecule has 0 spiro atoms. The summed E-state index contributed by atoms with van der Waals surface area (Å²) in [6, 6.07) is 30.8. The van der Waals surface area contributed by atoms with Crippen LogP contribution in [0, 0.1) is 13.3 Å². The van der Waals surface area contributed by atoms with E-state index in [9.17, 15) is 0 Å². The summed E-state index contributed by atoms with van der Waals surface area (Å²) in [6.07, 6.45) is 5.31. The molecule has 0 amide bonds. The van der Waals surface area contributed by atoms with Gasteiger partial charge in [-0.2, -0.15) is 0 Å². The number of aromatic nitrogens is 4. The van der Waals surface area contributed by atoms with Crippen LogP contribution in [0.5, 0.6) is 11.5 Å². The van der Waals surface area contributed by atoms with Gasteiger partial charge in [-0.25, -0.2) is 4.98 Å². The predicted octanol–water partition coefficient (Wildman–Crippen LogP) is 12.9. The summed E-state index contributed by atoms with van der Waals surface area (Å²) < 4.78 is 99.1. The molecule has 5 heteroatoms. The molecule has 58 heavy (non-hydrogen) atoms. The summed E-state index contributed by atoms with van der Waals surface area (Å²) in [6.45, 7) is 8.71. The number of imidazole rings is 1. The molecule has 3 heterocycles. The van der Waals surface area contributed by atoms with Gasteiger partial charge in [0.05, 0.1) is 47.1 Å². The van der Waals surface area contributed by atoms with Crippen LogP contribution in [0.1, 0.15) is 45.6 Å². The highest BCUT2D eigenvalue weighted by Gasteiger charge is 2.23. The molecule has 280 valence electrons. The lowest BCUT2D eigenvalue weighted by Gasteiger charge is -2.23. The van der Waals surface area contributed by atoms with E-state index in [-0.39, 0.29) is 33.4 Å². The first-order chi connectivity index (χ1) is 32.5. The highest BCUT2D eigenvalue weighted by atomic mass is 16.5. The third-order valence-corrected chi connectivity index (χ3v) is 10.5.